The van der Waals surface area contributed by atoms with E-state index in [4.69, 9.17) is 4.99 Å². The summed E-state index contributed by atoms with van der Waals surface area (Å²) in [6.45, 7) is 16.0. The van der Waals surface area contributed by atoms with Crippen LogP contribution in [-0.4, -0.2) is 28.7 Å². The second-order valence-electron chi connectivity index (χ2n) is 11.4. The maximum Gasteiger partial charge on any atom is 0.269 e. The predicted molar refractivity (Wildman–Crippen MR) is 122 cm³/mol. The standard InChI is InChI=1S/C25H37N3O2/c1-16(2)15-27-12-9-18-14-25(6)11-10-24(4,5)22(25)21(18)23(27)26-20-8-7-19(28(29)30)13-17(20)3/h7-8,13,16,18,21-22H,9-12,14-15H2,1-6H3. The number of aliphatic imine (C=N–C) groups is 1. The topological polar surface area (TPSA) is 58.7 Å². The van der Waals surface area contributed by atoms with Crippen LogP contribution in [0.3, 0.4) is 0 Å². The Morgan fingerprint density at radius 3 is 2.63 bits per heavy atom. The zero-order valence-electron chi connectivity index (χ0n) is 19.4. The molecule has 4 unspecified atom stereocenters. The van der Waals surface area contributed by atoms with Gasteiger partial charge in [-0.1, -0.05) is 34.6 Å². The molecular weight excluding hydrogens is 374 g/mol. The lowest BCUT2D eigenvalue weighted by molar-refractivity contribution is -0.384. The van der Waals surface area contributed by atoms with E-state index < -0.39 is 0 Å². The molecule has 4 atom stereocenters. The number of rotatable bonds is 4. The number of hydrogen-bond donors (Lipinski definition) is 0. The molecule has 5 heteroatoms. The minimum Gasteiger partial charge on any atom is -0.360 e. The summed E-state index contributed by atoms with van der Waals surface area (Å²) in [7, 11) is 0. The third-order valence-corrected chi connectivity index (χ3v) is 8.13. The molecule has 0 N–H and O–H groups in total. The van der Waals surface area contributed by atoms with Gasteiger partial charge in [0.25, 0.3) is 5.69 Å². The number of benzene rings is 1. The van der Waals surface area contributed by atoms with Gasteiger partial charge < -0.3 is 4.90 Å². The Hall–Kier alpha value is -1.91. The summed E-state index contributed by atoms with van der Waals surface area (Å²) in [5, 5.41) is 11.2. The highest BCUT2D eigenvalue weighted by Gasteiger charge is 2.62. The summed E-state index contributed by atoms with van der Waals surface area (Å²) in [5.74, 6) is 3.69. The predicted octanol–water partition coefficient (Wildman–Crippen LogP) is 6.37. The summed E-state index contributed by atoms with van der Waals surface area (Å²) >= 11 is 0. The molecule has 30 heavy (non-hydrogen) atoms. The van der Waals surface area contributed by atoms with Crippen LogP contribution in [0, 0.1) is 51.5 Å². The number of nitro groups is 1. The fraction of sp³-hybridized carbons (Fsp3) is 0.720. The fourth-order valence-corrected chi connectivity index (χ4v) is 7.07. The van der Waals surface area contributed by atoms with Crippen molar-refractivity contribution in [3.63, 3.8) is 0 Å². The molecule has 4 rings (SSSR count). The van der Waals surface area contributed by atoms with Gasteiger partial charge in [-0.25, -0.2) is 4.99 Å². The van der Waals surface area contributed by atoms with Crippen LogP contribution in [0.25, 0.3) is 0 Å². The maximum atomic E-state index is 11.2. The highest BCUT2D eigenvalue weighted by atomic mass is 16.6. The monoisotopic (exact) mass is 411 g/mol. The third-order valence-electron chi connectivity index (χ3n) is 8.13. The van der Waals surface area contributed by atoms with E-state index in [0.29, 0.717) is 34.5 Å². The molecular formula is C25H37N3O2. The number of amidine groups is 1. The Kier molecular flexibility index (Phi) is 5.22. The molecule has 0 radical (unpaired) electrons. The minimum atomic E-state index is -0.324. The molecule has 3 fully saturated rings. The lowest BCUT2D eigenvalue weighted by Gasteiger charge is -2.44. The van der Waals surface area contributed by atoms with Crippen LogP contribution in [0.5, 0.6) is 0 Å². The Bertz CT molecular complexity index is 875. The zero-order chi connectivity index (χ0) is 21.8. The van der Waals surface area contributed by atoms with E-state index in [1.807, 2.05) is 13.0 Å². The number of likely N-dealkylation sites (tertiary alicyclic amines) is 1. The van der Waals surface area contributed by atoms with Gasteiger partial charge in [0.1, 0.15) is 5.84 Å². The summed E-state index contributed by atoms with van der Waals surface area (Å²) in [6.07, 6.45) is 5.20. The first-order chi connectivity index (χ1) is 14.0. The van der Waals surface area contributed by atoms with Crippen molar-refractivity contribution >= 4 is 17.2 Å². The first kappa shape index (κ1) is 21.3. The van der Waals surface area contributed by atoms with Crippen molar-refractivity contribution in [2.75, 3.05) is 13.1 Å². The maximum absolute atomic E-state index is 11.2. The number of aryl methyl sites for hydroxylation is 1. The van der Waals surface area contributed by atoms with Crippen molar-refractivity contribution in [1.29, 1.82) is 0 Å². The van der Waals surface area contributed by atoms with Crippen molar-refractivity contribution in [1.82, 2.24) is 4.90 Å². The number of nitro benzene ring substituents is 1. The molecule has 0 bridgehead atoms. The van der Waals surface area contributed by atoms with Gasteiger partial charge in [0.05, 0.1) is 10.6 Å². The van der Waals surface area contributed by atoms with Crippen molar-refractivity contribution < 1.29 is 4.92 Å². The van der Waals surface area contributed by atoms with Crippen LogP contribution in [-0.2, 0) is 0 Å². The molecule has 1 aromatic rings. The molecule has 3 aliphatic rings. The van der Waals surface area contributed by atoms with Gasteiger partial charge in [-0.3, -0.25) is 10.1 Å². The first-order valence-electron chi connectivity index (χ1n) is 11.6. The second kappa shape index (κ2) is 7.35. The van der Waals surface area contributed by atoms with Crippen LogP contribution < -0.4 is 0 Å². The van der Waals surface area contributed by atoms with Crippen molar-refractivity contribution in [3.05, 3.63) is 33.9 Å². The second-order valence-corrected chi connectivity index (χ2v) is 11.4. The normalized spacial score (nSPS) is 33.8. The lowest BCUT2D eigenvalue weighted by atomic mass is 9.68. The van der Waals surface area contributed by atoms with E-state index in [0.717, 1.165) is 24.3 Å². The van der Waals surface area contributed by atoms with Gasteiger partial charge >= 0.3 is 0 Å². The molecule has 2 aliphatic carbocycles. The Morgan fingerprint density at radius 1 is 1.27 bits per heavy atom. The Morgan fingerprint density at radius 2 is 2.00 bits per heavy atom. The zero-order valence-corrected chi connectivity index (χ0v) is 19.4. The van der Waals surface area contributed by atoms with Gasteiger partial charge in [0, 0.05) is 31.1 Å². The number of nitrogens with zero attached hydrogens (tertiary/aromatic N) is 3. The van der Waals surface area contributed by atoms with E-state index in [1.165, 1.54) is 31.5 Å². The van der Waals surface area contributed by atoms with Gasteiger partial charge in [-0.2, -0.15) is 0 Å². The van der Waals surface area contributed by atoms with E-state index in [2.05, 4.69) is 39.5 Å². The van der Waals surface area contributed by atoms with E-state index >= 15 is 0 Å². The van der Waals surface area contributed by atoms with Crippen molar-refractivity contribution in [2.45, 2.75) is 67.2 Å². The number of hydrogen-bond acceptors (Lipinski definition) is 3. The van der Waals surface area contributed by atoms with Crippen LogP contribution >= 0.6 is 0 Å². The molecule has 5 nitrogen and oxygen atoms in total. The van der Waals surface area contributed by atoms with Crippen LogP contribution in [0.1, 0.15) is 65.9 Å². The quantitative estimate of drug-likeness (QED) is 0.427. The Labute approximate surface area is 181 Å². The smallest absolute Gasteiger partial charge is 0.269 e. The van der Waals surface area contributed by atoms with Crippen LogP contribution in [0.15, 0.2) is 23.2 Å². The van der Waals surface area contributed by atoms with E-state index in [-0.39, 0.29) is 10.6 Å². The average molecular weight is 412 g/mol. The van der Waals surface area contributed by atoms with Gasteiger partial charge in [0.2, 0.25) is 0 Å². The summed E-state index contributed by atoms with van der Waals surface area (Å²) in [6, 6.07) is 5.09. The first-order valence-corrected chi connectivity index (χ1v) is 11.6. The average Bonchev–Trinajstić information content (AvgIpc) is 3.08. The number of non-ortho nitro benzene ring substituents is 1. The summed E-state index contributed by atoms with van der Waals surface area (Å²) in [5.41, 5.74) is 2.66. The largest absolute Gasteiger partial charge is 0.360 e. The molecule has 0 spiro atoms. The fourth-order valence-electron chi connectivity index (χ4n) is 7.07. The van der Waals surface area contributed by atoms with Gasteiger partial charge in [-0.15, -0.1) is 0 Å². The van der Waals surface area contributed by atoms with Crippen LogP contribution in [0.2, 0.25) is 0 Å². The molecule has 1 aliphatic heterocycles. The lowest BCUT2D eigenvalue weighted by Crippen LogP contribution is -2.49. The van der Waals surface area contributed by atoms with E-state index in [9.17, 15) is 10.1 Å². The summed E-state index contributed by atoms with van der Waals surface area (Å²) in [4.78, 5) is 18.7. The SMILES string of the molecule is Cc1cc([N+](=O)[O-])ccc1N=C1C2C(CCN1CC(C)C)CC1(C)CCC(C)(C)C21. The molecule has 0 aromatic heterocycles. The van der Waals surface area contributed by atoms with Crippen molar-refractivity contribution in [3.8, 4) is 0 Å². The third kappa shape index (κ3) is 3.54. The van der Waals surface area contributed by atoms with Gasteiger partial charge in [-0.05, 0) is 72.8 Å². The highest BCUT2D eigenvalue weighted by molar-refractivity contribution is 5.89. The molecule has 1 heterocycles. The molecule has 0 amide bonds. The minimum absolute atomic E-state index is 0.141. The summed E-state index contributed by atoms with van der Waals surface area (Å²) < 4.78 is 0. The van der Waals surface area contributed by atoms with Crippen LogP contribution in [0.4, 0.5) is 11.4 Å². The highest BCUT2D eigenvalue weighted by Crippen LogP contribution is 2.67. The van der Waals surface area contributed by atoms with E-state index in [1.54, 1.807) is 12.1 Å². The number of fused-ring (bicyclic) bond motifs is 3. The van der Waals surface area contributed by atoms with Crippen molar-refractivity contribution in [2.24, 2.45) is 39.5 Å². The molecule has 1 aromatic carbocycles. The Balaban J connectivity index is 1.79. The van der Waals surface area contributed by atoms with Gasteiger partial charge in [0.15, 0.2) is 0 Å². The molecule has 1 saturated heterocycles. The molecule has 2 saturated carbocycles. The molecule has 164 valence electrons. The number of piperidine rings is 1.